The van der Waals surface area contributed by atoms with Crippen LogP contribution in [0, 0.1) is 17.6 Å². The summed E-state index contributed by atoms with van der Waals surface area (Å²) in [5, 5.41) is 2.81. The molecule has 1 atom stereocenters. The normalized spacial score (nSPS) is 25.6. The molecule has 0 bridgehead atoms. The van der Waals surface area contributed by atoms with Gasteiger partial charge in [-0.15, -0.1) is 0 Å². The van der Waals surface area contributed by atoms with Gasteiger partial charge in [0.05, 0.1) is 18.8 Å². The molecule has 2 aliphatic rings. The van der Waals surface area contributed by atoms with E-state index in [1.807, 2.05) is 6.07 Å². The number of hydrogen-bond donors (Lipinski definition) is 1. The quantitative estimate of drug-likeness (QED) is 0.809. The summed E-state index contributed by atoms with van der Waals surface area (Å²) in [6, 6.07) is 7.19. The number of aromatic nitrogens is 1. The van der Waals surface area contributed by atoms with Crippen LogP contribution in [0.5, 0.6) is 0 Å². The SMILES string of the molecule is CC1CCC2(CC1)OC[C@H](C(=O)NCc1ccccn1)N2C(=O)c1cc(F)cc(F)c1. The van der Waals surface area contributed by atoms with Gasteiger partial charge in [-0.25, -0.2) is 8.78 Å². The fraction of sp³-hybridized carbons (Fsp3) is 0.435. The second-order valence-corrected chi connectivity index (χ2v) is 8.33. The summed E-state index contributed by atoms with van der Waals surface area (Å²) in [6.45, 7) is 2.37. The number of pyridine rings is 1. The molecule has 2 fully saturated rings. The van der Waals surface area contributed by atoms with Crippen LogP contribution in [0.1, 0.15) is 48.7 Å². The number of nitrogens with zero attached hydrogens (tertiary/aromatic N) is 2. The van der Waals surface area contributed by atoms with Gasteiger partial charge in [-0.3, -0.25) is 19.5 Å². The van der Waals surface area contributed by atoms with E-state index in [2.05, 4.69) is 17.2 Å². The first kappa shape index (κ1) is 21.4. The Labute approximate surface area is 179 Å². The fourth-order valence-corrected chi connectivity index (χ4v) is 4.39. The van der Waals surface area contributed by atoms with E-state index in [0.29, 0.717) is 30.5 Å². The maximum atomic E-state index is 13.8. The van der Waals surface area contributed by atoms with E-state index in [-0.39, 0.29) is 24.6 Å². The van der Waals surface area contributed by atoms with Gasteiger partial charge in [0.15, 0.2) is 0 Å². The highest BCUT2D eigenvalue weighted by Gasteiger charge is 2.53. The monoisotopic (exact) mass is 429 g/mol. The smallest absolute Gasteiger partial charge is 0.257 e. The molecule has 4 rings (SSSR count). The van der Waals surface area contributed by atoms with Gasteiger partial charge in [-0.05, 0) is 55.9 Å². The van der Waals surface area contributed by atoms with Gasteiger partial charge in [-0.1, -0.05) is 13.0 Å². The lowest BCUT2D eigenvalue weighted by molar-refractivity contribution is -0.128. The molecular formula is C23H25F2N3O3. The molecule has 1 saturated carbocycles. The third-order valence-corrected chi connectivity index (χ3v) is 6.12. The van der Waals surface area contributed by atoms with Crippen molar-refractivity contribution >= 4 is 11.8 Å². The maximum absolute atomic E-state index is 13.8. The van der Waals surface area contributed by atoms with Crippen LogP contribution < -0.4 is 5.32 Å². The van der Waals surface area contributed by atoms with E-state index in [4.69, 9.17) is 4.74 Å². The Morgan fingerprint density at radius 2 is 1.90 bits per heavy atom. The van der Waals surface area contributed by atoms with Crippen molar-refractivity contribution in [1.82, 2.24) is 15.2 Å². The van der Waals surface area contributed by atoms with E-state index in [1.165, 1.54) is 4.90 Å². The van der Waals surface area contributed by atoms with Gasteiger partial charge in [0.2, 0.25) is 5.91 Å². The predicted octanol–water partition coefficient (Wildman–Crippen LogP) is 3.42. The van der Waals surface area contributed by atoms with E-state index < -0.39 is 29.3 Å². The molecule has 2 heterocycles. The second kappa shape index (κ2) is 8.70. The van der Waals surface area contributed by atoms with Crippen molar-refractivity contribution in [3.8, 4) is 0 Å². The van der Waals surface area contributed by atoms with Crippen molar-refractivity contribution in [3.63, 3.8) is 0 Å². The Kier molecular flexibility index (Phi) is 6.00. The number of halogens is 2. The Hall–Kier alpha value is -2.87. The van der Waals surface area contributed by atoms with Crippen molar-refractivity contribution in [1.29, 1.82) is 0 Å². The lowest BCUT2D eigenvalue weighted by atomic mass is 9.83. The van der Waals surface area contributed by atoms with E-state index in [0.717, 1.165) is 25.0 Å². The fourth-order valence-electron chi connectivity index (χ4n) is 4.39. The summed E-state index contributed by atoms with van der Waals surface area (Å²) in [7, 11) is 0. The van der Waals surface area contributed by atoms with Gasteiger partial charge in [0.1, 0.15) is 23.4 Å². The third-order valence-electron chi connectivity index (χ3n) is 6.12. The standard InChI is InChI=1S/C23H25F2N3O3/c1-15-5-7-23(8-6-15)28(22(30)16-10-17(24)12-18(25)11-16)20(14-31-23)21(29)27-13-19-4-2-3-9-26-19/h2-4,9-12,15,20H,5-8,13-14H2,1H3,(H,27,29)/t15?,20-,23?/m1/s1. The van der Waals surface area contributed by atoms with Crippen LogP contribution in [-0.2, 0) is 16.1 Å². The second-order valence-electron chi connectivity index (χ2n) is 8.33. The van der Waals surface area contributed by atoms with E-state index in [1.54, 1.807) is 18.3 Å². The van der Waals surface area contributed by atoms with Gasteiger partial charge < -0.3 is 10.1 Å². The van der Waals surface area contributed by atoms with Crippen molar-refractivity contribution in [3.05, 3.63) is 65.5 Å². The molecular weight excluding hydrogens is 404 g/mol. The lowest BCUT2D eigenvalue weighted by Gasteiger charge is -2.43. The number of hydrogen-bond acceptors (Lipinski definition) is 4. The lowest BCUT2D eigenvalue weighted by Crippen LogP contribution is -2.56. The van der Waals surface area contributed by atoms with Crippen LogP contribution in [0.3, 0.4) is 0 Å². The van der Waals surface area contributed by atoms with Gasteiger partial charge in [-0.2, -0.15) is 0 Å². The number of benzene rings is 1. The number of carbonyl (C=O) groups excluding carboxylic acids is 2. The van der Waals surface area contributed by atoms with E-state index >= 15 is 0 Å². The number of nitrogens with one attached hydrogen (secondary N) is 1. The molecule has 31 heavy (non-hydrogen) atoms. The van der Waals surface area contributed by atoms with Crippen molar-refractivity contribution in [2.45, 2.75) is 50.9 Å². The highest BCUT2D eigenvalue weighted by molar-refractivity contribution is 5.98. The first-order chi connectivity index (χ1) is 14.9. The molecule has 1 aliphatic heterocycles. The minimum absolute atomic E-state index is 0.0337. The summed E-state index contributed by atoms with van der Waals surface area (Å²) in [4.78, 5) is 32.0. The highest BCUT2D eigenvalue weighted by atomic mass is 19.1. The summed E-state index contributed by atoms with van der Waals surface area (Å²) in [5.41, 5.74) is -0.399. The average Bonchev–Trinajstić information content (AvgIpc) is 3.12. The minimum atomic E-state index is -0.945. The van der Waals surface area contributed by atoms with E-state index in [9.17, 15) is 18.4 Å². The molecule has 8 heteroatoms. The van der Waals surface area contributed by atoms with Gasteiger partial charge >= 0.3 is 0 Å². The first-order valence-electron chi connectivity index (χ1n) is 10.5. The van der Waals surface area contributed by atoms with Crippen LogP contribution in [0.15, 0.2) is 42.6 Å². The zero-order valence-electron chi connectivity index (χ0n) is 17.3. The number of rotatable bonds is 4. The molecule has 1 aliphatic carbocycles. The summed E-state index contributed by atoms with van der Waals surface area (Å²) in [6.07, 6.45) is 4.45. The topological polar surface area (TPSA) is 71.5 Å². The van der Waals surface area contributed by atoms with Crippen molar-refractivity contribution in [2.75, 3.05) is 6.61 Å². The first-order valence-corrected chi connectivity index (χ1v) is 10.5. The predicted molar refractivity (Wildman–Crippen MR) is 109 cm³/mol. The molecule has 6 nitrogen and oxygen atoms in total. The largest absolute Gasteiger partial charge is 0.353 e. The van der Waals surface area contributed by atoms with Crippen LogP contribution in [-0.4, -0.2) is 40.1 Å². The zero-order chi connectivity index (χ0) is 22.0. The minimum Gasteiger partial charge on any atom is -0.353 e. The van der Waals surface area contributed by atoms with Crippen molar-refractivity contribution < 1.29 is 23.1 Å². The van der Waals surface area contributed by atoms with Crippen LogP contribution in [0.25, 0.3) is 0 Å². The zero-order valence-corrected chi connectivity index (χ0v) is 17.3. The number of carbonyl (C=O) groups is 2. The third kappa shape index (κ3) is 4.44. The molecule has 1 aromatic carbocycles. The Morgan fingerprint density at radius 3 is 2.55 bits per heavy atom. The Balaban J connectivity index is 1.60. The number of ether oxygens (including phenoxy) is 1. The van der Waals surface area contributed by atoms with Crippen molar-refractivity contribution in [2.24, 2.45) is 5.92 Å². The molecule has 0 unspecified atom stereocenters. The van der Waals surface area contributed by atoms with Gasteiger partial charge in [0, 0.05) is 17.8 Å². The molecule has 1 N–H and O–H groups in total. The Morgan fingerprint density at radius 1 is 1.19 bits per heavy atom. The average molecular weight is 429 g/mol. The highest BCUT2D eigenvalue weighted by Crippen LogP contribution is 2.43. The molecule has 1 aromatic heterocycles. The summed E-state index contributed by atoms with van der Waals surface area (Å²) >= 11 is 0. The maximum Gasteiger partial charge on any atom is 0.257 e. The summed E-state index contributed by atoms with van der Waals surface area (Å²) < 4.78 is 33.7. The number of amides is 2. The molecule has 1 spiro atoms. The molecule has 2 aromatic rings. The summed E-state index contributed by atoms with van der Waals surface area (Å²) in [5.74, 6) is -2.19. The van der Waals surface area contributed by atoms with Crippen LogP contribution in [0.4, 0.5) is 8.78 Å². The molecule has 0 radical (unpaired) electrons. The molecule has 2 amide bonds. The molecule has 164 valence electrons. The molecule has 1 saturated heterocycles. The van der Waals surface area contributed by atoms with Gasteiger partial charge in [0.25, 0.3) is 5.91 Å². The van der Waals surface area contributed by atoms with Crippen LogP contribution >= 0.6 is 0 Å². The Bertz CT molecular complexity index is 942. The van der Waals surface area contributed by atoms with Crippen LogP contribution in [0.2, 0.25) is 0 Å².